The normalized spacial score (nSPS) is 12.5. The molecule has 0 saturated heterocycles. The van der Waals surface area contributed by atoms with Gasteiger partial charge in [-0.05, 0) is 29.3 Å². The number of carboxylic acid groups (broad SMARTS) is 1. The molecular formula is C18H16FNO2. The average Bonchev–Trinajstić information content (AvgIpc) is 2.83. The minimum absolute atomic E-state index is 0.0281. The van der Waals surface area contributed by atoms with Crippen LogP contribution < -0.4 is 0 Å². The van der Waals surface area contributed by atoms with E-state index in [0.29, 0.717) is 0 Å². The second-order valence-corrected chi connectivity index (χ2v) is 5.41. The number of aryl methyl sites for hydroxylation is 1. The van der Waals surface area contributed by atoms with Gasteiger partial charge < -0.3 is 9.67 Å². The van der Waals surface area contributed by atoms with Crippen LogP contribution in [0.15, 0.2) is 54.7 Å². The molecule has 1 atom stereocenters. The molecule has 3 aromatic rings. The second-order valence-electron chi connectivity index (χ2n) is 5.41. The summed E-state index contributed by atoms with van der Waals surface area (Å²) in [6.45, 7) is 0. The minimum atomic E-state index is -0.873. The van der Waals surface area contributed by atoms with Crippen molar-refractivity contribution >= 4 is 16.9 Å². The molecule has 22 heavy (non-hydrogen) atoms. The van der Waals surface area contributed by atoms with Gasteiger partial charge in [-0.2, -0.15) is 0 Å². The van der Waals surface area contributed by atoms with E-state index < -0.39 is 5.97 Å². The molecule has 0 saturated carbocycles. The van der Waals surface area contributed by atoms with Crippen LogP contribution in [0.3, 0.4) is 0 Å². The van der Waals surface area contributed by atoms with E-state index in [2.05, 4.69) is 0 Å². The van der Waals surface area contributed by atoms with E-state index in [9.17, 15) is 14.3 Å². The highest BCUT2D eigenvalue weighted by Crippen LogP contribution is 2.34. The standard InChI is InChI=1S/C18H16FNO2/c1-20-11-16(14-4-2-3-5-17(14)20)15(10-18(21)22)12-6-8-13(19)9-7-12/h2-9,11,15H,10H2,1H3,(H,21,22). The van der Waals surface area contributed by atoms with Crippen molar-refractivity contribution in [3.63, 3.8) is 0 Å². The number of carbonyl (C=O) groups is 1. The van der Waals surface area contributed by atoms with Crippen molar-refractivity contribution in [1.29, 1.82) is 0 Å². The van der Waals surface area contributed by atoms with E-state index in [0.717, 1.165) is 22.0 Å². The number of nitrogens with zero attached hydrogens (tertiary/aromatic N) is 1. The smallest absolute Gasteiger partial charge is 0.304 e. The van der Waals surface area contributed by atoms with Crippen molar-refractivity contribution in [3.8, 4) is 0 Å². The van der Waals surface area contributed by atoms with Crippen molar-refractivity contribution in [2.24, 2.45) is 7.05 Å². The Morgan fingerprint density at radius 1 is 1.18 bits per heavy atom. The summed E-state index contributed by atoms with van der Waals surface area (Å²) in [7, 11) is 1.94. The number of hydrogen-bond acceptors (Lipinski definition) is 1. The highest BCUT2D eigenvalue weighted by atomic mass is 19.1. The Hall–Kier alpha value is -2.62. The van der Waals surface area contributed by atoms with Crippen LogP contribution in [0, 0.1) is 5.82 Å². The fraction of sp³-hybridized carbons (Fsp3) is 0.167. The molecule has 1 heterocycles. The monoisotopic (exact) mass is 297 g/mol. The first kappa shape index (κ1) is 14.3. The number of aromatic nitrogens is 1. The van der Waals surface area contributed by atoms with Crippen molar-refractivity contribution < 1.29 is 14.3 Å². The van der Waals surface area contributed by atoms with Crippen molar-refractivity contribution in [2.45, 2.75) is 12.3 Å². The Morgan fingerprint density at radius 3 is 2.55 bits per heavy atom. The van der Waals surface area contributed by atoms with E-state index in [1.54, 1.807) is 12.1 Å². The topological polar surface area (TPSA) is 42.2 Å². The predicted molar refractivity (Wildman–Crippen MR) is 83.4 cm³/mol. The Balaban J connectivity index is 2.16. The van der Waals surface area contributed by atoms with E-state index >= 15 is 0 Å². The van der Waals surface area contributed by atoms with Crippen molar-refractivity contribution in [3.05, 3.63) is 71.7 Å². The summed E-state index contributed by atoms with van der Waals surface area (Å²) in [5.74, 6) is -1.50. The third kappa shape index (κ3) is 2.60. The number of fused-ring (bicyclic) bond motifs is 1. The van der Waals surface area contributed by atoms with Gasteiger partial charge in [-0.25, -0.2) is 4.39 Å². The maximum Gasteiger partial charge on any atom is 0.304 e. The quantitative estimate of drug-likeness (QED) is 0.793. The Morgan fingerprint density at radius 2 is 1.86 bits per heavy atom. The largest absolute Gasteiger partial charge is 0.481 e. The van der Waals surface area contributed by atoms with Crippen LogP contribution in [-0.4, -0.2) is 15.6 Å². The zero-order valence-corrected chi connectivity index (χ0v) is 12.2. The van der Waals surface area contributed by atoms with Gasteiger partial charge in [0.05, 0.1) is 6.42 Å². The Labute approximate surface area is 127 Å². The molecule has 1 aromatic heterocycles. The van der Waals surface area contributed by atoms with Gasteiger partial charge in [0.25, 0.3) is 0 Å². The Bertz CT molecular complexity index is 821. The summed E-state index contributed by atoms with van der Waals surface area (Å²) in [6.07, 6.45) is 1.93. The number of para-hydroxylation sites is 1. The van der Waals surface area contributed by atoms with E-state index in [1.165, 1.54) is 12.1 Å². The maximum atomic E-state index is 13.2. The first-order chi connectivity index (χ1) is 10.6. The summed E-state index contributed by atoms with van der Waals surface area (Å²) in [5.41, 5.74) is 2.81. The number of aliphatic carboxylic acids is 1. The lowest BCUT2D eigenvalue weighted by molar-refractivity contribution is -0.137. The van der Waals surface area contributed by atoms with Gasteiger partial charge in [0.2, 0.25) is 0 Å². The average molecular weight is 297 g/mol. The third-order valence-corrected chi connectivity index (χ3v) is 3.95. The molecule has 0 amide bonds. The lowest BCUT2D eigenvalue weighted by Crippen LogP contribution is -2.07. The Kier molecular flexibility index (Phi) is 3.67. The number of benzene rings is 2. The van der Waals surface area contributed by atoms with Crippen LogP contribution in [-0.2, 0) is 11.8 Å². The molecule has 0 radical (unpaired) electrons. The lowest BCUT2D eigenvalue weighted by atomic mass is 9.88. The van der Waals surface area contributed by atoms with E-state index in [-0.39, 0.29) is 18.2 Å². The summed E-state index contributed by atoms with van der Waals surface area (Å²) in [5, 5.41) is 10.3. The molecule has 0 bridgehead atoms. The van der Waals surface area contributed by atoms with Crippen molar-refractivity contribution in [2.75, 3.05) is 0 Å². The minimum Gasteiger partial charge on any atom is -0.481 e. The van der Waals surface area contributed by atoms with Gasteiger partial charge in [0.15, 0.2) is 0 Å². The zero-order chi connectivity index (χ0) is 15.7. The number of hydrogen-bond donors (Lipinski definition) is 1. The molecule has 1 N–H and O–H groups in total. The maximum absolute atomic E-state index is 13.2. The molecule has 0 aliphatic heterocycles. The summed E-state index contributed by atoms with van der Waals surface area (Å²) >= 11 is 0. The molecule has 0 fully saturated rings. The van der Waals surface area contributed by atoms with Crippen LogP contribution in [0.4, 0.5) is 4.39 Å². The van der Waals surface area contributed by atoms with Crippen LogP contribution in [0.25, 0.3) is 10.9 Å². The lowest BCUT2D eigenvalue weighted by Gasteiger charge is -2.15. The molecule has 0 aliphatic rings. The fourth-order valence-corrected chi connectivity index (χ4v) is 2.93. The third-order valence-electron chi connectivity index (χ3n) is 3.95. The van der Waals surface area contributed by atoms with Gasteiger partial charge in [0.1, 0.15) is 5.82 Å². The molecule has 0 spiro atoms. The van der Waals surface area contributed by atoms with Gasteiger partial charge in [-0.15, -0.1) is 0 Å². The number of carboxylic acids is 1. The van der Waals surface area contributed by atoms with Crippen LogP contribution in [0.2, 0.25) is 0 Å². The molecule has 1 unspecified atom stereocenters. The summed E-state index contributed by atoms with van der Waals surface area (Å²) in [4.78, 5) is 11.3. The van der Waals surface area contributed by atoms with E-state index in [1.807, 2.05) is 42.1 Å². The molecule has 0 aliphatic carbocycles. The highest BCUT2D eigenvalue weighted by molar-refractivity contribution is 5.85. The van der Waals surface area contributed by atoms with E-state index in [4.69, 9.17) is 0 Å². The predicted octanol–water partition coefficient (Wildman–Crippen LogP) is 3.92. The van der Waals surface area contributed by atoms with Gasteiger partial charge >= 0.3 is 5.97 Å². The molecule has 3 rings (SSSR count). The van der Waals surface area contributed by atoms with Gasteiger partial charge in [0, 0.05) is 30.1 Å². The van der Waals surface area contributed by atoms with Crippen LogP contribution in [0.5, 0.6) is 0 Å². The van der Waals surface area contributed by atoms with Crippen molar-refractivity contribution in [1.82, 2.24) is 4.57 Å². The molecule has 112 valence electrons. The zero-order valence-electron chi connectivity index (χ0n) is 12.2. The van der Waals surface area contributed by atoms with Gasteiger partial charge in [-0.1, -0.05) is 30.3 Å². The molecular weight excluding hydrogens is 281 g/mol. The molecule has 2 aromatic carbocycles. The fourth-order valence-electron chi connectivity index (χ4n) is 2.93. The summed E-state index contributed by atoms with van der Waals surface area (Å²) < 4.78 is 15.1. The first-order valence-electron chi connectivity index (χ1n) is 7.07. The SMILES string of the molecule is Cn1cc(C(CC(=O)O)c2ccc(F)cc2)c2ccccc21. The second kappa shape index (κ2) is 5.64. The van der Waals surface area contributed by atoms with Crippen LogP contribution >= 0.6 is 0 Å². The number of halogens is 1. The molecule has 3 nitrogen and oxygen atoms in total. The number of rotatable bonds is 4. The molecule has 4 heteroatoms. The summed E-state index contributed by atoms with van der Waals surface area (Å²) in [6, 6.07) is 13.9. The van der Waals surface area contributed by atoms with Gasteiger partial charge in [-0.3, -0.25) is 4.79 Å². The van der Waals surface area contributed by atoms with Crippen LogP contribution in [0.1, 0.15) is 23.5 Å². The highest BCUT2D eigenvalue weighted by Gasteiger charge is 2.21. The first-order valence-corrected chi connectivity index (χ1v) is 7.07.